The second-order valence-corrected chi connectivity index (χ2v) is 9.59. The molecule has 3 aromatic heterocycles. The number of fused-ring (bicyclic) bond motifs is 2. The Morgan fingerprint density at radius 2 is 1.94 bits per heavy atom. The highest BCUT2D eigenvalue weighted by Gasteiger charge is 2.09. The topological polar surface area (TPSA) is 96.2 Å². The zero-order valence-electron chi connectivity index (χ0n) is 15.9. The number of furan rings is 1. The van der Waals surface area contributed by atoms with Gasteiger partial charge in [0.15, 0.2) is 14.6 Å². The number of rotatable bonds is 7. The summed E-state index contributed by atoms with van der Waals surface area (Å²) in [4.78, 5) is 24.3. The monoisotopic (exact) mass is 465 g/mol. The summed E-state index contributed by atoms with van der Waals surface area (Å²) < 4.78 is 7.69. The van der Waals surface area contributed by atoms with Gasteiger partial charge in [0.1, 0.15) is 5.76 Å². The molecule has 2 N–H and O–H groups in total. The van der Waals surface area contributed by atoms with E-state index in [-0.39, 0.29) is 11.7 Å². The molecule has 10 heteroatoms. The van der Waals surface area contributed by atoms with Crippen molar-refractivity contribution in [3.05, 3.63) is 66.4 Å². The third-order valence-corrected chi connectivity index (χ3v) is 7.14. The van der Waals surface area contributed by atoms with E-state index in [0.29, 0.717) is 10.9 Å². The van der Waals surface area contributed by atoms with E-state index in [4.69, 9.17) is 4.42 Å². The van der Waals surface area contributed by atoms with Crippen LogP contribution in [0.15, 0.2) is 84.8 Å². The van der Waals surface area contributed by atoms with E-state index in [1.165, 1.54) is 29.7 Å². The van der Waals surface area contributed by atoms with Gasteiger partial charge in [-0.15, -0.1) is 11.3 Å². The van der Waals surface area contributed by atoms with Crippen molar-refractivity contribution in [2.45, 2.75) is 14.6 Å². The van der Waals surface area contributed by atoms with Crippen LogP contribution in [0.1, 0.15) is 5.76 Å². The molecule has 0 fully saturated rings. The summed E-state index contributed by atoms with van der Waals surface area (Å²) >= 11 is 4.35. The first-order chi connectivity index (χ1) is 15.2. The highest BCUT2D eigenvalue weighted by molar-refractivity contribution is 8.01. The normalized spacial score (nSPS) is 11.6. The van der Waals surface area contributed by atoms with Crippen molar-refractivity contribution in [3.63, 3.8) is 0 Å². The van der Waals surface area contributed by atoms with Crippen molar-refractivity contribution >= 4 is 68.2 Å². The molecule has 5 rings (SSSR count). The van der Waals surface area contributed by atoms with Gasteiger partial charge in [0.05, 0.1) is 33.2 Å². The molecule has 5 aromatic rings. The fraction of sp³-hybridized carbons (Fsp3) is 0.0476. The Hall–Kier alpha value is -3.08. The highest BCUT2D eigenvalue weighted by Crippen LogP contribution is 2.29. The van der Waals surface area contributed by atoms with E-state index in [0.717, 1.165) is 30.7 Å². The van der Waals surface area contributed by atoms with Gasteiger partial charge < -0.3 is 9.40 Å². The van der Waals surface area contributed by atoms with Gasteiger partial charge in [-0.1, -0.05) is 36.0 Å². The summed E-state index contributed by atoms with van der Waals surface area (Å²) in [6.07, 6.45) is 1.48. The third-order valence-electron chi connectivity index (χ3n) is 4.15. The Labute approximate surface area is 189 Å². The minimum Gasteiger partial charge on any atom is -0.448 e. The van der Waals surface area contributed by atoms with Crippen LogP contribution in [-0.2, 0) is 4.79 Å². The Bertz CT molecular complexity index is 1320. The molecule has 0 bridgehead atoms. The van der Waals surface area contributed by atoms with Crippen LogP contribution in [-0.4, -0.2) is 32.8 Å². The van der Waals surface area contributed by atoms with Gasteiger partial charge in [-0.2, -0.15) is 5.10 Å². The zero-order chi connectivity index (χ0) is 21.0. The standard InChI is InChI=1S/C21H15N5O2S3/c27-18(12-29-21-25-16-7-3-4-8-17(16)30-21)26-22-11-13-9-10-19(28-13)31-20-23-14-5-1-2-6-15(14)24-20/h1-11H,12H2,(H,23,24)(H,26,27)/b22-11+. The Morgan fingerprint density at radius 3 is 2.81 bits per heavy atom. The Balaban J connectivity index is 1.13. The van der Waals surface area contributed by atoms with Crippen LogP contribution in [0.25, 0.3) is 21.3 Å². The van der Waals surface area contributed by atoms with Gasteiger partial charge in [-0.05, 0) is 48.2 Å². The van der Waals surface area contributed by atoms with E-state index in [1.807, 2.05) is 54.6 Å². The van der Waals surface area contributed by atoms with Gasteiger partial charge in [-0.3, -0.25) is 4.79 Å². The second kappa shape index (κ2) is 8.96. The first-order valence-electron chi connectivity index (χ1n) is 9.26. The van der Waals surface area contributed by atoms with Crippen molar-refractivity contribution in [1.82, 2.24) is 20.4 Å². The third kappa shape index (κ3) is 4.82. The number of hydrazone groups is 1. The number of nitrogens with zero attached hydrogens (tertiary/aromatic N) is 3. The van der Waals surface area contributed by atoms with Crippen LogP contribution >= 0.6 is 34.9 Å². The summed E-state index contributed by atoms with van der Waals surface area (Å²) in [7, 11) is 0. The number of aromatic nitrogens is 3. The van der Waals surface area contributed by atoms with Crippen molar-refractivity contribution < 1.29 is 9.21 Å². The minimum absolute atomic E-state index is 0.205. The van der Waals surface area contributed by atoms with E-state index < -0.39 is 0 Å². The lowest BCUT2D eigenvalue weighted by Crippen LogP contribution is -2.19. The Kier molecular flexibility index (Phi) is 5.74. The van der Waals surface area contributed by atoms with Gasteiger partial charge in [0, 0.05) is 0 Å². The molecule has 0 aliphatic rings. The van der Waals surface area contributed by atoms with Gasteiger partial charge in [-0.25, -0.2) is 15.4 Å². The predicted octanol–water partition coefficient (Wildman–Crippen LogP) is 5.16. The number of carbonyl (C=O) groups excluding carboxylic acids is 1. The number of nitrogens with one attached hydrogen (secondary N) is 2. The van der Waals surface area contributed by atoms with Crippen molar-refractivity contribution in [2.75, 3.05) is 5.75 Å². The van der Waals surface area contributed by atoms with Gasteiger partial charge >= 0.3 is 0 Å². The molecular weight excluding hydrogens is 450 g/mol. The molecule has 0 unspecified atom stereocenters. The van der Waals surface area contributed by atoms with Gasteiger partial charge in [0.25, 0.3) is 5.91 Å². The number of para-hydroxylation sites is 3. The van der Waals surface area contributed by atoms with E-state index in [9.17, 15) is 4.79 Å². The molecule has 1 amide bonds. The molecule has 0 aliphatic heterocycles. The maximum atomic E-state index is 12.0. The molecular formula is C21H15N5O2S3. The Morgan fingerprint density at radius 1 is 1.10 bits per heavy atom. The van der Waals surface area contributed by atoms with Crippen molar-refractivity contribution in [3.8, 4) is 0 Å². The smallest absolute Gasteiger partial charge is 0.250 e. The van der Waals surface area contributed by atoms with Crippen LogP contribution in [0.4, 0.5) is 0 Å². The summed E-state index contributed by atoms with van der Waals surface area (Å²) in [5.41, 5.74) is 5.34. The van der Waals surface area contributed by atoms with Crippen LogP contribution in [0.2, 0.25) is 0 Å². The minimum atomic E-state index is -0.205. The number of H-pyrrole nitrogens is 1. The number of carbonyl (C=O) groups is 1. The second-order valence-electron chi connectivity index (χ2n) is 6.35. The fourth-order valence-corrected chi connectivity index (χ4v) is 5.40. The molecule has 0 saturated heterocycles. The molecule has 0 radical (unpaired) electrons. The molecule has 0 saturated carbocycles. The average molecular weight is 466 g/mol. The molecule has 2 aromatic carbocycles. The quantitative estimate of drug-likeness (QED) is 0.196. The number of hydrogen-bond donors (Lipinski definition) is 2. The molecule has 0 spiro atoms. The number of hydrogen-bond acceptors (Lipinski definition) is 8. The lowest BCUT2D eigenvalue weighted by molar-refractivity contribution is -0.118. The van der Waals surface area contributed by atoms with Crippen LogP contribution in [0, 0.1) is 0 Å². The molecule has 0 aliphatic carbocycles. The zero-order valence-corrected chi connectivity index (χ0v) is 18.4. The molecule has 31 heavy (non-hydrogen) atoms. The van der Waals surface area contributed by atoms with E-state index in [1.54, 1.807) is 17.4 Å². The highest BCUT2D eigenvalue weighted by atomic mass is 32.2. The van der Waals surface area contributed by atoms with Crippen molar-refractivity contribution in [1.29, 1.82) is 0 Å². The molecule has 154 valence electrons. The maximum absolute atomic E-state index is 12.0. The summed E-state index contributed by atoms with van der Waals surface area (Å²) in [5, 5.41) is 5.40. The summed E-state index contributed by atoms with van der Waals surface area (Å²) in [6, 6.07) is 19.4. The number of thiazole rings is 1. The SMILES string of the molecule is O=C(CSc1nc2ccccc2s1)N/N=C/c1ccc(Sc2nc3ccccc3[nH]2)o1. The lowest BCUT2D eigenvalue weighted by Gasteiger charge is -1.96. The van der Waals surface area contributed by atoms with Crippen LogP contribution < -0.4 is 5.43 Å². The fourth-order valence-electron chi connectivity index (χ4n) is 2.77. The summed E-state index contributed by atoms with van der Waals surface area (Å²) in [6.45, 7) is 0. The largest absolute Gasteiger partial charge is 0.448 e. The first kappa shape index (κ1) is 19.9. The number of aromatic amines is 1. The number of thioether (sulfide) groups is 1. The van der Waals surface area contributed by atoms with Crippen molar-refractivity contribution in [2.24, 2.45) is 5.10 Å². The number of amides is 1. The average Bonchev–Trinajstić information content (AvgIpc) is 3.49. The van der Waals surface area contributed by atoms with E-state index >= 15 is 0 Å². The molecule has 3 heterocycles. The summed E-state index contributed by atoms with van der Waals surface area (Å²) in [5.74, 6) is 0.573. The van der Waals surface area contributed by atoms with Crippen LogP contribution in [0.3, 0.4) is 0 Å². The predicted molar refractivity (Wildman–Crippen MR) is 125 cm³/mol. The maximum Gasteiger partial charge on any atom is 0.250 e. The van der Waals surface area contributed by atoms with Crippen LogP contribution in [0.5, 0.6) is 0 Å². The van der Waals surface area contributed by atoms with E-state index in [2.05, 4.69) is 25.5 Å². The first-order valence-corrected chi connectivity index (χ1v) is 11.9. The van der Waals surface area contributed by atoms with Gasteiger partial charge in [0.2, 0.25) is 0 Å². The molecule has 7 nitrogen and oxygen atoms in total. The molecule has 0 atom stereocenters. The number of imidazole rings is 1. The number of benzene rings is 2. The lowest BCUT2D eigenvalue weighted by atomic mass is 10.3.